The minimum atomic E-state index is 0.211. The van der Waals surface area contributed by atoms with Crippen LogP contribution in [-0.4, -0.2) is 19.7 Å². The Morgan fingerprint density at radius 2 is 1.60 bits per heavy atom. The van der Waals surface area contributed by atoms with Crippen LogP contribution in [-0.2, 0) is 5.41 Å². The van der Waals surface area contributed by atoms with Gasteiger partial charge in [0.1, 0.15) is 5.75 Å². The summed E-state index contributed by atoms with van der Waals surface area (Å²) < 4.78 is 5.77. The third kappa shape index (κ3) is 6.95. The molecule has 0 aliphatic heterocycles. The summed E-state index contributed by atoms with van der Waals surface area (Å²) in [6, 6.07) is 8.50. The van der Waals surface area contributed by atoms with Crippen LogP contribution in [0.1, 0.15) is 58.9 Å². The molecule has 114 valence electrons. The van der Waals surface area contributed by atoms with Crippen LogP contribution in [0.15, 0.2) is 24.3 Å². The maximum atomic E-state index is 5.77. The first-order valence-corrected chi connectivity index (χ1v) is 7.98. The van der Waals surface area contributed by atoms with Crippen molar-refractivity contribution >= 4 is 0 Å². The van der Waals surface area contributed by atoms with Crippen LogP contribution in [0.5, 0.6) is 5.75 Å². The molecule has 0 aliphatic carbocycles. The summed E-state index contributed by atoms with van der Waals surface area (Å²) >= 11 is 0. The zero-order valence-corrected chi connectivity index (χ0v) is 13.7. The van der Waals surface area contributed by atoms with Crippen LogP contribution in [0.3, 0.4) is 0 Å². The Morgan fingerprint density at radius 1 is 0.950 bits per heavy atom. The van der Waals surface area contributed by atoms with E-state index in [1.54, 1.807) is 0 Å². The molecule has 0 atom stereocenters. The van der Waals surface area contributed by atoms with E-state index in [2.05, 4.69) is 57.3 Å². The van der Waals surface area contributed by atoms with Crippen molar-refractivity contribution in [3.05, 3.63) is 29.8 Å². The Morgan fingerprint density at radius 3 is 2.20 bits per heavy atom. The average molecular weight is 277 g/mol. The van der Waals surface area contributed by atoms with Crippen LogP contribution in [0.2, 0.25) is 0 Å². The first-order valence-electron chi connectivity index (χ1n) is 7.98. The molecule has 20 heavy (non-hydrogen) atoms. The van der Waals surface area contributed by atoms with E-state index in [1.807, 2.05) is 0 Å². The van der Waals surface area contributed by atoms with Crippen molar-refractivity contribution in [1.29, 1.82) is 0 Å². The molecular formula is C18H31NO. The summed E-state index contributed by atoms with van der Waals surface area (Å²) in [6.07, 6.45) is 4.83. The molecule has 0 aliphatic rings. The third-order valence-electron chi connectivity index (χ3n) is 3.44. The molecule has 2 heteroatoms. The summed E-state index contributed by atoms with van der Waals surface area (Å²) in [4.78, 5) is 0. The van der Waals surface area contributed by atoms with Crippen LogP contribution < -0.4 is 10.1 Å². The quantitative estimate of drug-likeness (QED) is 0.669. The second-order valence-corrected chi connectivity index (χ2v) is 6.43. The van der Waals surface area contributed by atoms with Crippen molar-refractivity contribution < 1.29 is 4.74 Å². The lowest BCUT2D eigenvalue weighted by atomic mass is 9.87. The molecule has 1 N–H and O–H groups in total. The Bertz CT molecular complexity index is 351. The Hall–Kier alpha value is -1.02. The molecule has 1 aromatic rings. The topological polar surface area (TPSA) is 21.3 Å². The van der Waals surface area contributed by atoms with Gasteiger partial charge in [0.25, 0.3) is 0 Å². The van der Waals surface area contributed by atoms with E-state index in [-0.39, 0.29) is 5.41 Å². The smallest absolute Gasteiger partial charge is 0.119 e. The first-order chi connectivity index (χ1) is 9.54. The molecule has 0 saturated carbocycles. The monoisotopic (exact) mass is 277 g/mol. The van der Waals surface area contributed by atoms with E-state index >= 15 is 0 Å². The predicted molar refractivity (Wildman–Crippen MR) is 87.6 cm³/mol. The van der Waals surface area contributed by atoms with Crippen LogP contribution in [0, 0.1) is 0 Å². The number of unbranched alkanes of at least 4 members (excludes halogenated alkanes) is 2. The fraction of sp³-hybridized carbons (Fsp3) is 0.667. The highest BCUT2D eigenvalue weighted by molar-refractivity contribution is 5.31. The first kappa shape index (κ1) is 17.0. The third-order valence-corrected chi connectivity index (χ3v) is 3.44. The minimum Gasteiger partial charge on any atom is -0.494 e. The van der Waals surface area contributed by atoms with Crippen LogP contribution in [0.25, 0.3) is 0 Å². The summed E-state index contributed by atoms with van der Waals surface area (Å²) in [7, 11) is 0. The van der Waals surface area contributed by atoms with Gasteiger partial charge in [0.05, 0.1) is 6.61 Å². The van der Waals surface area contributed by atoms with Gasteiger partial charge in [-0.15, -0.1) is 0 Å². The van der Waals surface area contributed by atoms with Crippen molar-refractivity contribution in [3.63, 3.8) is 0 Å². The zero-order valence-electron chi connectivity index (χ0n) is 13.7. The van der Waals surface area contributed by atoms with Crippen molar-refractivity contribution in [1.82, 2.24) is 5.32 Å². The number of rotatable bonds is 9. The van der Waals surface area contributed by atoms with Crippen molar-refractivity contribution in [2.24, 2.45) is 0 Å². The van der Waals surface area contributed by atoms with E-state index in [9.17, 15) is 0 Å². The summed E-state index contributed by atoms with van der Waals surface area (Å²) in [6.45, 7) is 12.0. The van der Waals surface area contributed by atoms with Gasteiger partial charge < -0.3 is 10.1 Å². The molecular weight excluding hydrogens is 246 g/mol. The second kappa shape index (κ2) is 9.02. The highest BCUT2D eigenvalue weighted by Crippen LogP contribution is 2.24. The van der Waals surface area contributed by atoms with Crippen molar-refractivity contribution in [2.75, 3.05) is 19.7 Å². The maximum absolute atomic E-state index is 5.77. The van der Waals surface area contributed by atoms with Gasteiger partial charge in [-0.1, -0.05) is 46.2 Å². The number of hydrogen-bond acceptors (Lipinski definition) is 2. The lowest BCUT2D eigenvalue weighted by molar-refractivity contribution is 0.305. The zero-order chi connectivity index (χ0) is 14.8. The largest absolute Gasteiger partial charge is 0.494 e. The normalized spacial score (nSPS) is 11.6. The lowest BCUT2D eigenvalue weighted by Crippen LogP contribution is -2.17. The number of benzene rings is 1. The standard InChI is InChI=1S/C18H31NO/c1-5-6-13-19-14-7-8-15-20-17-11-9-16(10-12-17)18(2,3)4/h9-12,19H,5-8,13-15H2,1-4H3. The molecule has 0 saturated heterocycles. The molecule has 1 rings (SSSR count). The molecule has 0 aromatic heterocycles. The van der Waals surface area contributed by atoms with Crippen LogP contribution >= 0.6 is 0 Å². The van der Waals surface area contributed by atoms with E-state index < -0.39 is 0 Å². The van der Waals surface area contributed by atoms with Gasteiger partial charge in [-0.2, -0.15) is 0 Å². The molecule has 0 unspecified atom stereocenters. The Labute approximate surface area is 124 Å². The average Bonchev–Trinajstić information content (AvgIpc) is 2.41. The van der Waals surface area contributed by atoms with Crippen LogP contribution in [0.4, 0.5) is 0 Å². The molecule has 2 nitrogen and oxygen atoms in total. The van der Waals surface area contributed by atoms with E-state index in [0.29, 0.717) is 0 Å². The van der Waals surface area contributed by atoms with Crippen molar-refractivity contribution in [2.45, 2.75) is 58.8 Å². The highest BCUT2D eigenvalue weighted by Gasteiger charge is 2.12. The van der Waals surface area contributed by atoms with Gasteiger partial charge in [0, 0.05) is 0 Å². The molecule has 0 bridgehead atoms. The molecule has 0 heterocycles. The fourth-order valence-electron chi connectivity index (χ4n) is 2.02. The SMILES string of the molecule is CCCCNCCCCOc1ccc(C(C)(C)C)cc1. The van der Waals surface area contributed by atoms with Crippen molar-refractivity contribution in [3.8, 4) is 5.75 Å². The number of ether oxygens (including phenoxy) is 1. The lowest BCUT2D eigenvalue weighted by Gasteiger charge is -2.19. The summed E-state index contributed by atoms with van der Waals surface area (Å²) in [5.74, 6) is 0.983. The van der Waals surface area contributed by atoms with Gasteiger partial charge in [-0.25, -0.2) is 0 Å². The fourth-order valence-corrected chi connectivity index (χ4v) is 2.02. The van der Waals surface area contributed by atoms with Gasteiger partial charge in [0.15, 0.2) is 0 Å². The van der Waals surface area contributed by atoms with E-state index in [1.165, 1.54) is 24.8 Å². The highest BCUT2D eigenvalue weighted by atomic mass is 16.5. The Kier molecular flexibility index (Phi) is 7.68. The van der Waals surface area contributed by atoms with Gasteiger partial charge in [-0.05, 0) is 55.5 Å². The van der Waals surface area contributed by atoms with E-state index in [4.69, 9.17) is 4.74 Å². The molecule has 1 aromatic carbocycles. The Balaban J connectivity index is 2.13. The summed E-state index contributed by atoms with van der Waals surface area (Å²) in [5.41, 5.74) is 1.56. The van der Waals surface area contributed by atoms with Gasteiger partial charge in [0.2, 0.25) is 0 Å². The maximum Gasteiger partial charge on any atom is 0.119 e. The van der Waals surface area contributed by atoms with Gasteiger partial charge >= 0.3 is 0 Å². The molecule has 0 radical (unpaired) electrons. The minimum absolute atomic E-state index is 0.211. The molecule has 0 spiro atoms. The number of hydrogen-bond donors (Lipinski definition) is 1. The van der Waals surface area contributed by atoms with E-state index in [0.717, 1.165) is 31.9 Å². The second-order valence-electron chi connectivity index (χ2n) is 6.43. The number of nitrogens with one attached hydrogen (secondary N) is 1. The predicted octanol–water partition coefficient (Wildman–Crippen LogP) is 4.53. The van der Waals surface area contributed by atoms with Gasteiger partial charge in [-0.3, -0.25) is 0 Å². The summed E-state index contributed by atoms with van der Waals surface area (Å²) in [5, 5.41) is 3.45. The molecule has 0 amide bonds. The molecule has 0 fully saturated rings.